The maximum atomic E-state index is 6.28. The lowest BCUT2D eigenvalue weighted by Crippen LogP contribution is -2.08. The number of anilines is 1. The van der Waals surface area contributed by atoms with Gasteiger partial charge in [-0.1, -0.05) is 44.5 Å². The summed E-state index contributed by atoms with van der Waals surface area (Å²) in [6.45, 7) is 7.23. The van der Waals surface area contributed by atoms with E-state index in [0.29, 0.717) is 16.8 Å². The number of rotatable bonds is 5. The first-order valence-electron chi connectivity index (χ1n) is 7.10. The molecule has 0 radical (unpaired) electrons. The normalized spacial score (nSPS) is 11.0. The smallest absolute Gasteiger partial charge is 0.163 e. The van der Waals surface area contributed by atoms with E-state index in [1.54, 1.807) is 0 Å². The molecule has 1 heterocycles. The molecule has 0 bridgehead atoms. The van der Waals surface area contributed by atoms with Gasteiger partial charge in [-0.2, -0.15) is 0 Å². The van der Waals surface area contributed by atoms with Crippen molar-refractivity contribution in [2.45, 2.75) is 33.1 Å². The lowest BCUT2D eigenvalue weighted by Gasteiger charge is -2.15. The number of nitrogens with one attached hydrogen (secondary N) is 1. The van der Waals surface area contributed by atoms with Crippen molar-refractivity contribution in [2.24, 2.45) is 0 Å². The van der Waals surface area contributed by atoms with E-state index in [1.807, 2.05) is 24.3 Å². The van der Waals surface area contributed by atoms with Crippen molar-refractivity contribution in [3.8, 4) is 11.4 Å². The highest BCUT2D eigenvalue weighted by Crippen LogP contribution is 2.33. The molecule has 0 aliphatic heterocycles. The second-order valence-electron chi connectivity index (χ2n) is 5.16. The Hall–Kier alpha value is -1.13. The second-order valence-corrected chi connectivity index (χ2v) is 6.36. The zero-order valence-corrected chi connectivity index (χ0v) is 14.8. The zero-order valence-electron chi connectivity index (χ0n) is 12.5. The zero-order chi connectivity index (χ0) is 15.4. The molecule has 0 unspecified atom stereocenters. The summed E-state index contributed by atoms with van der Waals surface area (Å²) >= 11 is 9.89. The van der Waals surface area contributed by atoms with Gasteiger partial charge in [0.2, 0.25) is 0 Å². The summed E-state index contributed by atoms with van der Waals surface area (Å²) in [7, 11) is 0. The highest BCUT2D eigenvalue weighted by molar-refractivity contribution is 9.10. The van der Waals surface area contributed by atoms with Crippen LogP contribution in [0.15, 0.2) is 28.7 Å². The van der Waals surface area contributed by atoms with Gasteiger partial charge in [-0.3, -0.25) is 0 Å². The molecular formula is C16H19BrClN3. The fourth-order valence-corrected chi connectivity index (χ4v) is 2.97. The van der Waals surface area contributed by atoms with Gasteiger partial charge in [0.05, 0.1) is 15.2 Å². The first-order valence-corrected chi connectivity index (χ1v) is 8.27. The molecule has 0 aliphatic carbocycles. The van der Waals surface area contributed by atoms with Crippen LogP contribution >= 0.6 is 27.5 Å². The largest absolute Gasteiger partial charge is 0.369 e. The number of aromatic nitrogens is 2. The first-order chi connectivity index (χ1) is 10.0. The molecule has 112 valence electrons. The second kappa shape index (κ2) is 7.23. The van der Waals surface area contributed by atoms with Crippen molar-refractivity contribution in [3.05, 3.63) is 39.5 Å². The van der Waals surface area contributed by atoms with E-state index < -0.39 is 0 Å². The minimum Gasteiger partial charge on any atom is -0.369 e. The Morgan fingerprint density at radius 2 is 1.95 bits per heavy atom. The predicted molar refractivity (Wildman–Crippen MR) is 93.0 cm³/mol. The first kappa shape index (κ1) is 16.2. The lowest BCUT2D eigenvalue weighted by molar-refractivity contribution is 0.808. The molecule has 0 aliphatic rings. The SMILES string of the molecule is CCCNc1nc(-c2ccccc2Cl)nc(C(C)C)c1Br. The van der Waals surface area contributed by atoms with Gasteiger partial charge in [-0.25, -0.2) is 9.97 Å². The van der Waals surface area contributed by atoms with Gasteiger partial charge < -0.3 is 5.32 Å². The van der Waals surface area contributed by atoms with Crippen LogP contribution in [0.4, 0.5) is 5.82 Å². The summed E-state index contributed by atoms with van der Waals surface area (Å²) in [5.41, 5.74) is 1.84. The number of halogens is 2. The van der Waals surface area contributed by atoms with Crippen LogP contribution in [0, 0.1) is 0 Å². The molecular weight excluding hydrogens is 350 g/mol. The van der Waals surface area contributed by atoms with Crippen molar-refractivity contribution in [2.75, 3.05) is 11.9 Å². The monoisotopic (exact) mass is 367 g/mol. The number of nitrogens with zero attached hydrogens (tertiary/aromatic N) is 2. The van der Waals surface area contributed by atoms with Crippen molar-refractivity contribution in [1.82, 2.24) is 9.97 Å². The molecule has 0 saturated carbocycles. The van der Waals surface area contributed by atoms with Gasteiger partial charge in [0.15, 0.2) is 5.82 Å². The summed E-state index contributed by atoms with van der Waals surface area (Å²) in [5, 5.41) is 4.01. The van der Waals surface area contributed by atoms with E-state index in [4.69, 9.17) is 11.6 Å². The van der Waals surface area contributed by atoms with Crippen LogP contribution in [-0.4, -0.2) is 16.5 Å². The van der Waals surface area contributed by atoms with Crippen LogP contribution in [0.1, 0.15) is 38.8 Å². The van der Waals surface area contributed by atoms with Crippen LogP contribution in [0.2, 0.25) is 5.02 Å². The fourth-order valence-electron chi connectivity index (χ4n) is 1.97. The van der Waals surface area contributed by atoms with Crippen molar-refractivity contribution in [1.29, 1.82) is 0 Å². The van der Waals surface area contributed by atoms with Crippen LogP contribution in [0.25, 0.3) is 11.4 Å². The predicted octanol–water partition coefficient (Wildman–Crippen LogP) is 5.50. The Kier molecular flexibility index (Phi) is 5.59. The van der Waals surface area contributed by atoms with Crippen molar-refractivity contribution in [3.63, 3.8) is 0 Å². The molecule has 0 amide bonds. The molecule has 2 rings (SSSR count). The Bertz CT molecular complexity index is 629. The van der Waals surface area contributed by atoms with Gasteiger partial charge in [0.25, 0.3) is 0 Å². The van der Waals surface area contributed by atoms with E-state index in [-0.39, 0.29) is 0 Å². The maximum absolute atomic E-state index is 6.28. The van der Waals surface area contributed by atoms with E-state index in [2.05, 4.69) is 52.0 Å². The van der Waals surface area contributed by atoms with Crippen LogP contribution < -0.4 is 5.32 Å². The minimum atomic E-state index is 0.297. The average molecular weight is 369 g/mol. The van der Waals surface area contributed by atoms with Gasteiger partial charge in [-0.15, -0.1) is 0 Å². The van der Waals surface area contributed by atoms with Gasteiger partial charge >= 0.3 is 0 Å². The summed E-state index contributed by atoms with van der Waals surface area (Å²) in [4.78, 5) is 9.32. The summed E-state index contributed by atoms with van der Waals surface area (Å²) in [6, 6.07) is 7.65. The van der Waals surface area contributed by atoms with E-state index in [1.165, 1.54) is 0 Å². The summed E-state index contributed by atoms with van der Waals surface area (Å²) in [6.07, 6.45) is 1.04. The molecule has 1 aromatic heterocycles. The molecule has 5 heteroatoms. The third-order valence-corrected chi connectivity index (χ3v) is 4.19. The molecule has 1 N–H and O–H groups in total. The van der Waals surface area contributed by atoms with Crippen molar-refractivity contribution < 1.29 is 0 Å². The molecule has 1 aromatic carbocycles. The van der Waals surface area contributed by atoms with Gasteiger partial charge in [0.1, 0.15) is 5.82 Å². The third kappa shape index (κ3) is 3.74. The molecule has 3 nitrogen and oxygen atoms in total. The number of benzene rings is 1. The molecule has 0 fully saturated rings. The Labute approximate surface area is 139 Å². The lowest BCUT2D eigenvalue weighted by atomic mass is 10.1. The van der Waals surface area contributed by atoms with E-state index in [0.717, 1.165) is 34.5 Å². The maximum Gasteiger partial charge on any atom is 0.163 e. The van der Waals surface area contributed by atoms with E-state index >= 15 is 0 Å². The molecule has 0 atom stereocenters. The number of hydrogen-bond acceptors (Lipinski definition) is 3. The Balaban J connectivity index is 2.56. The molecule has 2 aromatic rings. The summed E-state index contributed by atoms with van der Waals surface area (Å²) in [5.74, 6) is 1.78. The van der Waals surface area contributed by atoms with Crippen LogP contribution in [0.5, 0.6) is 0 Å². The van der Waals surface area contributed by atoms with Gasteiger partial charge in [-0.05, 0) is 40.4 Å². The van der Waals surface area contributed by atoms with E-state index in [9.17, 15) is 0 Å². The highest BCUT2D eigenvalue weighted by Gasteiger charge is 2.16. The number of hydrogen-bond donors (Lipinski definition) is 1. The summed E-state index contributed by atoms with van der Waals surface area (Å²) < 4.78 is 0.932. The minimum absolute atomic E-state index is 0.297. The Morgan fingerprint density at radius 3 is 2.57 bits per heavy atom. The standard InChI is InChI=1S/C16H19BrClN3/c1-4-9-19-16-13(17)14(10(2)3)20-15(21-16)11-7-5-6-8-12(11)18/h5-8,10H,4,9H2,1-3H3,(H,19,20,21). The Morgan fingerprint density at radius 1 is 1.24 bits per heavy atom. The molecule has 0 saturated heterocycles. The van der Waals surface area contributed by atoms with Crippen molar-refractivity contribution >= 4 is 33.3 Å². The third-order valence-electron chi connectivity index (χ3n) is 3.08. The highest BCUT2D eigenvalue weighted by atomic mass is 79.9. The quantitative estimate of drug-likeness (QED) is 0.756. The molecule has 21 heavy (non-hydrogen) atoms. The van der Waals surface area contributed by atoms with Crippen LogP contribution in [0.3, 0.4) is 0 Å². The fraction of sp³-hybridized carbons (Fsp3) is 0.375. The average Bonchev–Trinajstić information content (AvgIpc) is 2.46. The molecule has 0 spiro atoms. The van der Waals surface area contributed by atoms with Crippen LogP contribution in [-0.2, 0) is 0 Å². The topological polar surface area (TPSA) is 37.8 Å². The van der Waals surface area contributed by atoms with Gasteiger partial charge in [0, 0.05) is 12.1 Å².